The summed E-state index contributed by atoms with van der Waals surface area (Å²) in [5.74, 6) is 2.48. The first-order valence-electron chi connectivity index (χ1n) is 29.1. The molecule has 0 atom stereocenters. The van der Waals surface area contributed by atoms with Crippen LogP contribution in [0, 0.1) is 5.41 Å². The molecule has 9 aromatic carbocycles. The molecule has 0 fully saturated rings. The largest absolute Gasteiger partial charge is 0.318 e. The highest BCUT2D eigenvalue weighted by molar-refractivity contribution is 6.87. The van der Waals surface area contributed by atoms with Crippen LogP contribution in [0.2, 0.25) is 0 Å². The molecule has 5 heteroatoms. The Kier molecular flexibility index (Phi) is 14.7. The lowest BCUT2D eigenvalue weighted by Crippen LogP contribution is -2.47. The van der Waals surface area contributed by atoms with Gasteiger partial charge in [0.15, 0.2) is 0 Å². The Morgan fingerprint density at radius 2 is 0.906 bits per heavy atom. The van der Waals surface area contributed by atoms with Crippen LogP contribution >= 0.6 is 0 Å². The van der Waals surface area contributed by atoms with Crippen molar-refractivity contribution in [1.82, 2.24) is 9.97 Å². The van der Waals surface area contributed by atoms with Crippen LogP contribution in [0.4, 0.5) is 17.1 Å². The molecule has 0 aliphatic carbocycles. The van der Waals surface area contributed by atoms with Crippen LogP contribution < -0.4 is 15.3 Å². The van der Waals surface area contributed by atoms with E-state index in [-0.39, 0.29) is 12.1 Å². The van der Waals surface area contributed by atoms with Crippen molar-refractivity contribution in [1.29, 1.82) is 0 Å². The van der Waals surface area contributed by atoms with E-state index in [1.54, 1.807) is 0 Å². The molecule has 0 unspecified atom stereocenters. The second kappa shape index (κ2) is 23.3. The molecule has 0 bridgehead atoms. The van der Waals surface area contributed by atoms with Gasteiger partial charge in [-0.2, -0.15) is 0 Å². The number of hydrogen-bond donors (Lipinski definition) is 0. The van der Waals surface area contributed by atoms with Gasteiger partial charge in [-0.3, -0.25) is 0 Å². The van der Waals surface area contributed by atoms with E-state index in [2.05, 4.69) is 328 Å². The van der Waals surface area contributed by atoms with Crippen molar-refractivity contribution in [2.45, 2.75) is 20.8 Å². The third-order valence-electron chi connectivity index (χ3n) is 16.2. The molecule has 11 aromatic rings. The van der Waals surface area contributed by atoms with Crippen molar-refractivity contribution in [3.8, 4) is 67.2 Å². The van der Waals surface area contributed by atoms with Crippen molar-refractivity contribution in [3.05, 3.63) is 350 Å². The first-order valence-corrected chi connectivity index (χ1v) is 29.1. The van der Waals surface area contributed by atoms with Gasteiger partial charge in [0.05, 0.1) is 28.5 Å². The number of allylic oxidation sites excluding steroid dienone is 6. The second-order valence-electron chi connectivity index (χ2n) is 22.8. The second-order valence-corrected chi connectivity index (χ2v) is 22.8. The fourth-order valence-electron chi connectivity index (χ4n) is 11.5. The van der Waals surface area contributed by atoms with Crippen molar-refractivity contribution < 1.29 is 0 Å². The van der Waals surface area contributed by atoms with Crippen LogP contribution in [0.5, 0.6) is 0 Å². The number of hydrogen-bond acceptors (Lipinski definition) is 4. The Hall–Kier alpha value is -10.6. The highest BCUT2D eigenvalue weighted by Crippen LogP contribution is 2.49. The maximum atomic E-state index is 5.60. The predicted octanol–water partition coefficient (Wildman–Crippen LogP) is 20.0. The van der Waals surface area contributed by atoms with E-state index in [9.17, 15) is 0 Å². The molecule has 0 saturated heterocycles. The molecular weight excluding hydrogens is 1030 g/mol. The Balaban J connectivity index is 1.14. The first-order chi connectivity index (χ1) is 41.6. The summed E-state index contributed by atoms with van der Waals surface area (Å²) in [6.07, 6.45) is 6.96. The Bertz CT molecular complexity index is 4370. The molecule has 4 heterocycles. The summed E-state index contributed by atoms with van der Waals surface area (Å²) >= 11 is 0. The molecule has 0 saturated carbocycles. The normalized spacial score (nSPS) is 13.6. The zero-order valence-electron chi connectivity index (χ0n) is 48.1. The number of aromatic nitrogens is 2. The number of anilines is 3. The number of pyridine rings is 2. The summed E-state index contributed by atoms with van der Waals surface area (Å²) in [5.41, 5.74) is 24.1. The summed E-state index contributed by atoms with van der Waals surface area (Å²) in [6.45, 7) is 16.1. The maximum Gasteiger partial charge on any atom is 0.243 e. The number of fused-ring (bicyclic) bond motifs is 3. The number of nitrogens with zero attached hydrogens (tertiary/aromatic N) is 4. The van der Waals surface area contributed by atoms with Gasteiger partial charge < -0.3 is 9.80 Å². The van der Waals surface area contributed by atoms with Gasteiger partial charge in [0.25, 0.3) is 0 Å². The van der Waals surface area contributed by atoms with Crippen molar-refractivity contribution in [3.63, 3.8) is 0 Å². The van der Waals surface area contributed by atoms with Gasteiger partial charge in [0.2, 0.25) is 6.71 Å². The van der Waals surface area contributed by atoms with E-state index in [1.807, 2.05) is 6.07 Å². The van der Waals surface area contributed by atoms with Gasteiger partial charge in [-0.05, 0) is 133 Å². The molecule has 13 rings (SSSR count). The van der Waals surface area contributed by atoms with E-state index in [1.165, 1.54) is 0 Å². The van der Waals surface area contributed by atoms with Gasteiger partial charge in [-0.25, -0.2) is 9.97 Å². The van der Waals surface area contributed by atoms with Crippen LogP contribution in [0.25, 0.3) is 78.3 Å². The monoisotopic (exact) mass is 1090 g/mol. The number of rotatable bonds is 13. The van der Waals surface area contributed by atoms with Crippen molar-refractivity contribution >= 4 is 40.4 Å². The van der Waals surface area contributed by atoms with Crippen LogP contribution in [-0.2, 0) is 0 Å². The zero-order chi connectivity index (χ0) is 57.9. The molecule has 0 radical (unpaired) electrons. The third-order valence-corrected chi connectivity index (χ3v) is 16.2. The number of benzene rings is 9. The smallest absolute Gasteiger partial charge is 0.243 e. The fraction of sp³-hybridized carbons (Fsp3) is 0.0500. The fourth-order valence-corrected chi connectivity index (χ4v) is 11.5. The van der Waals surface area contributed by atoms with Crippen LogP contribution in [0.15, 0.2) is 339 Å². The first kappa shape index (κ1) is 53.7. The van der Waals surface area contributed by atoms with Gasteiger partial charge in [-0.15, -0.1) is 0 Å². The Morgan fingerprint density at radius 3 is 1.45 bits per heavy atom. The van der Waals surface area contributed by atoms with E-state index < -0.39 is 0 Å². The molecule has 2 aromatic heterocycles. The summed E-state index contributed by atoms with van der Waals surface area (Å²) in [4.78, 5) is 16.0. The van der Waals surface area contributed by atoms with E-state index >= 15 is 0 Å². The summed E-state index contributed by atoms with van der Waals surface area (Å²) < 4.78 is 0. The molecule has 4 nitrogen and oxygen atoms in total. The molecular formula is C80H63BN4. The van der Waals surface area contributed by atoms with Crippen molar-refractivity contribution in [2.24, 2.45) is 5.41 Å². The highest BCUT2D eigenvalue weighted by Gasteiger charge is 2.42. The summed E-state index contributed by atoms with van der Waals surface area (Å²) in [7, 11) is 0. The van der Waals surface area contributed by atoms with Gasteiger partial charge in [0, 0.05) is 51.2 Å². The molecule has 2 aliphatic rings. The van der Waals surface area contributed by atoms with Gasteiger partial charge in [-0.1, -0.05) is 264 Å². The predicted molar refractivity (Wildman–Crippen MR) is 360 cm³/mol. The minimum Gasteiger partial charge on any atom is -0.318 e. The molecule has 0 amide bonds. The topological polar surface area (TPSA) is 32.3 Å². The average Bonchev–Trinajstić information content (AvgIpc) is 0.936. The summed E-state index contributed by atoms with van der Waals surface area (Å²) in [5, 5.41) is 0. The molecule has 0 spiro atoms. The van der Waals surface area contributed by atoms with Crippen LogP contribution in [0.1, 0.15) is 32.0 Å². The van der Waals surface area contributed by atoms with Gasteiger partial charge >= 0.3 is 0 Å². The molecule has 85 heavy (non-hydrogen) atoms. The zero-order valence-corrected chi connectivity index (χ0v) is 48.1. The van der Waals surface area contributed by atoms with E-state index in [0.717, 1.165) is 135 Å². The Labute approximate surface area is 500 Å². The molecule has 2 aliphatic heterocycles. The average molecular weight is 1090 g/mol. The molecule has 0 N–H and O–H groups in total. The minimum atomic E-state index is -0.311. The maximum absolute atomic E-state index is 5.60. The van der Waals surface area contributed by atoms with E-state index in [0.29, 0.717) is 0 Å². The quantitative estimate of drug-likeness (QED) is 0.0851. The van der Waals surface area contributed by atoms with Gasteiger partial charge in [0.1, 0.15) is 0 Å². The lowest BCUT2D eigenvalue weighted by Gasteiger charge is -2.43. The van der Waals surface area contributed by atoms with E-state index in [4.69, 9.17) is 23.1 Å². The van der Waals surface area contributed by atoms with Crippen molar-refractivity contribution in [2.75, 3.05) is 9.80 Å². The molecule has 406 valence electrons. The lowest BCUT2D eigenvalue weighted by atomic mass is 9.36. The van der Waals surface area contributed by atoms with Crippen LogP contribution in [-0.4, -0.2) is 16.7 Å². The third kappa shape index (κ3) is 11.1. The standard InChI is InChI=1S/C80H63BN4/c1-56(58-26-12-6-13-27-58)50-69(75-40-24-38-73(82-75)64-34-20-10-21-35-64)78-54-81-71-53-66(61-32-18-9-19-33-61)52-70(76-41-25-39-74(83-76)65-36-22-11-23-37-65)79(71)85(68-48-44-63(45-49-68)60-30-16-8-17-31-60)77(51-57(2)80(3,4)5)72(81)55-84(78)67-46-42-62(43-47-67)59-28-14-7-15-29-59/h6-55H,1-2H2,3-5H3/b69-50-,77-51+. The lowest BCUT2D eigenvalue weighted by molar-refractivity contribution is 0.518. The highest BCUT2D eigenvalue weighted by atomic mass is 15.2. The minimum absolute atomic E-state index is 0.274. The Morgan fingerprint density at radius 1 is 0.447 bits per heavy atom. The SMILES string of the molecule is C=C(/C=C(\C1=CB2C(=CN1c1ccc(-c3ccccc3)cc1)/C(=C\C(=C)C(C)(C)C)N(c1ccc(-c3ccccc3)cc1)c1c2cc(-c2ccccc2)cc1-c1cccc(-c2ccccc2)n1)c1cccc(-c2ccccc2)n1)c1ccccc1. The van der Waals surface area contributed by atoms with Crippen LogP contribution in [0.3, 0.4) is 0 Å². The summed E-state index contributed by atoms with van der Waals surface area (Å²) in [6, 6.07) is 98.9.